The molecule has 0 saturated carbocycles. The number of hydrogen-bond acceptors (Lipinski definition) is 3. The van der Waals surface area contributed by atoms with Crippen LogP contribution in [-0.2, 0) is 6.54 Å². The highest BCUT2D eigenvalue weighted by atomic mass is 79.9. The normalized spacial score (nSPS) is 10.7. The molecule has 5 heteroatoms. The molecule has 2 rings (SSSR count). The van der Waals surface area contributed by atoms with E-state index in [1.54, 1.807) is 12.1 Å². The van der Waals surface area contributed by atoms with Gasteiger partial charge >= 0.3 is 0 Å². The number of benzene rings is 1. The van der Waals surface area contributed by atoms with Gasteiger partial charge in [0.05, 0.1) is 10.2 Å². The van der Waals surface area contributed by atoms with Gasteiger partial charge in [0.15, 0.2) is 5.82 Å². The summed E-state index contributed by atoms with van der Waals surface area (Å²) in [6.07, 6.45) is 0. The molecule has 1 aromatic heterocycles. The minimum absolute atomic E-state index is 0.288. The summed E-state index contributed by atoms with van der Waals surface area (Å²) in [6, 6.07) is 6.74. The van der Waals surface area contributed by atoms with Crippen molar-refractivity contribution in [2.75, 3.05) is 6.54 Å². The van der Waals surface area contributed by atoms with Gasteiger partial charge in [0.1, 0.15) is 5.82 Å². The van der Waals surface area contributed by atoms with Crippen LogP contribution in [0.2, 0.25) is 0 Å². The van der Waals surface area contributed by atoms with Gasteiger partial charge in [-0.05, 0) is 53.7 Å². The summed E-state index contributed by atoms with van der Waals surface area (Å²) in [5.41, 5.74) is 2.64. The van der Waals surface area contributed by atoms with Crippen molar-refractivity contribution in [3.63, 3.8) is 0 Å². The van der Waals surface area contributed by atoms with Gasteiger partial charge in [0.2, 0.25) is 0 Å². The molecule has 0 unspecified atom stereocenters. The molecule has 1 aromatic carbocycles. The molecule has 0 atom stereocenters. The van der Waals surface area contributed by atoms with Crippen LogP contribution in [0.3, 0.4) is 0 Å². The second-order valence-corrected chi connectivity index (χ2v) is 5.09. The Bertz CT molecular complexity index is 587. The molecule has 2 aromatic rings. The topological polar surface area (TPSA) is 37.8 Å². The Morgan fingerprint density at radius 3 is 2.74 bits per heavy atom. The predicted octanol–water partition coefficient (Wildman–Crippen LogP) is 3.46. The number of rotatable bonds is 4. The van der Waals surface area contributed by atoms with Crippen molar-refractivity contribution in [3.8, 4) is 11.4 Å². The lowest BCUT2D eigenvalue weighted by Gasteiger charge is -2.07. The van der Waals surface area contributed by atoms with Crippen LogP contribution in [0.5, 0.6) is 0 Å². The Kier molecular flexibility index (Phi) is 4.61. The van der Waals surface area contributed by atoms with E-state index in [4.69, 9.17) is 0 Å². The van der Waals surface area contributed by atoms with Gasteiger partial charge in [-0.3, -0.25) is 0 Å². The molecule has 0 saturated heterocycles. The highest BCUT2D eigenvalue weighted by molar-refractivity contribution is 9.10. The molecule has 0 spiro atoms. The Morgan fingerprint density at radius 1 is 1.26 bits per heavy atom. The van der Waals surface area contributed by atoms with Crippen LogP contribution < -0.4 is 5.32 Å². The molecule has 0 aliphatic heterocycles. The zero-order valence-electron chi connectivity index (χ0n) is 10.9. The van der Waals surface area contributed by atoms with Crippen LogP contribution in [0.15, 0.2) is 28.7 Å². The van der Waals surface area contributed by atoms with Crippen LogP contribution in [0.4, 0.5) is 4.39 Å². The van der Waals surface area contributed by atoms with Crippen LogP contribution in [0.25, 0.3) is 11.4 Å². The molecule has 19 heavy (non-hydrogen) atoms. The van der Waals surface area contributed by atoms with Crippen molar-refractivity contribution in [1.82, 2.24) is 15.3 Å². The van der Waals surface area contributed by atoms with E-state index < -0.39 is 0 Å². The third-order valence-electron chi connectivity index (χ3n) is 2.64. The minimum atomic E-state index is -0.288. The quantitative estimate of drug-likeness (QED) is 0.936. The first-order chi connectivity index (χ1) is 9.10. The van der Waals surface area contributed by atoms with Crippen molar-refractivity contribution in [3.05, 3.63) is 45.9 Å². The lowest BCUT2D eigenvalue weighted by Crippen LogP contribution is -2.13. The highest BCUT2D eigenvalue weighted by Gasteiger charge is 2.07. The predicted molar refractivity (Wildman–Crippen MR) is 77.2 cm³/mol. The second kappa shape index (κ2) is 6.21. The molecular weight excluding hydrogens is 309 g/mol. The van der Waals surface area contributed by atoms with Crippen LogP contribution in [0.1, 0.15) is 18.3 Å². The molecular formula is C14H15BrFN3. The Hall–Kier alpha value is -1.33. The van der Waals surface area contributed by atoms with E-state index in [9.17, 15) is 4.39 Å². The summed E-state index contributed by atoms with van der Waals surface area (Å²) in [5.74, 6) is 0.331. The fraction of sp³-hybridized carbons (Fsp3) is 0.286. The molecule has 0 fully saturated rings. The average molecular weight is 324 g/mol. The first kappa shape index (κ1) is 14.1. The Labute approximate surface area is 120 Å². The number of halogens is 2. The van der Waals surface area contributed by atoms with Crippen molar-refractivity contribution in [1.29, 1.82) is 0 Å². The van der Waals surface area contributed by atoms with Crippen LogP contribution in [-0.4, -0.2) is 16.5 Å². The van der Waals surface area contributed by atoms with E-state index in [-0.39, 0.29) is 5.82 Å². The Balaban J connectivity index is 2.37. The third kappa shape index (κ3) is 3.58. The summed E-state index contributed by atoms with van der Waals surface area (Å²) in [6.45, 7) is 5.57. The van der Waals surface area contributed by atoms with Crippen molar-refractivity contribution in [2.45, 2.75) is 20.4 Å². The smallest absolute Gasteiger partial charge is 0.159 e. The maximum atomic E-state index is 13.2. The molecule has 1 N–H and O–H groups in total. The van der Waals surface area contributed by atoms with Gasteiger partial charge in [0, 0.05) is 17.8 Å². The molecule has 0 radical (unpaired) electrons. The molecule has 0 aliphatic carbocycles. The number of aromatic nitrogens is 2. The zero-order chi connectivity index (χ0) is 13.8. The lowest BCUT2D eigenvalue weighted by atomic mass is 10.2. The summed E-state index contributed by atoms with van der Waals surface area (Å²) in [7, 11) is 0. The number of nitrogens with one attached hydrogen (secondary N) is 1. The van der Waals surface area contributed by atoms with E-state index in [2.05, 4.69) is 31.2 Å². The molecule has 1 heterocycles. The number of hydrogen-bond donors (Lipinski definition) is 1. The maximum Gasteiger partial charge on any atom is 0.159 e. The largest absolute Gasteiger partial charge is 0.311 e. The first-order valence-electron chi connectivity index (χ1n) is 6.11. The molecule has 0 amide bonds. The van der Waals surface area contributed by atoms with E-state index in [0.29, 0.717) is 16.8 Å². The van der Waals surface area contributed by atoms with E-state index in [1.807, 2.05) is 19.9 Å². The minimum Gasteiger partial charge on any atom is -0.311 e. The van der Waals surface area contributed by atoms with Gasteiger partial charge in [-0.2, -0.15) is 0 Å². The SMILES string of the molecule is CCNCc1cc(C)nc(-c2ccc(F)c(Br)c2)n1. The monoisotopic (exact) mass is 323 g/mol. The second-order valence-electron chi connectivity index (χ2n) is 4.23. The van der Waals surface area contributed by atoms with Gasteiger partial charge in [-0.1, -0.05) is 6.92 Å². The first-order valence-corrected chi connectivity index (χ1v) is 6.90. The van der Waals surface area contributed by atoms with E-state index in [1.165, 1.54) is 6.07 Å². The van der Waals surface area contributed by atoms with Crippen molar-refractivity contribution < 1.29 is 4.39 Å². The standard InChI is InChI=1S/C14H15BrFN3/c1-3-17-8-11-6-9(2)18-14(19-11)10-4-5-13(16)12(15)7-10/h4-7,17H,3,8H2,1-2H3. The van der Waals surface area contributed by atoms with Gasteiger partial charge < -0.3 is 5.32 Å². The average Bonchev–Trinajstić information content (AvgIpc) is 2.39. The number of nitrogens with zero attached hydrogens (tertiary/aromatic N) is 2. The lowest BCUT2D eigenvalue weighted by molar-refractivity contribution is 0.621. The summed E-state index contributed by atoms with van der Waals surface area (Å²) in [4.78, 5) is 8.90. The van der Waals surface area contributed by atoms with Gasteiger partial charge in [-0.25, -0.2) is 14.4 Å². The Morgan fingerprint density at radius 2 is 2.05 bits per heavy atom. The number of aryl methyl sites for hydroxylation is 1. The molecule has 100 valence electrons. The highest BCUT2D eigenvalue weighted by Crippen LogP contribution is 2.23. The van der Waals surface area contributed by atoms with E-state index in [0.717, 1.165) is 23.5 Å². The summed E-state index contributed by atoms with van der Waals surface area (Å²) < 4.78 is 13.7. The van der Waals surface area contributed by atoms with E-state index >= 15 is 0 Å². The van der Waals surface area contributed by atoms with Gasteiger partial charge in [-0.15, -0.1) is 0 Å². The summed E-state index contributed by atoms with van der Waals surface area (Å²) in [5, 5.41) is 3.23. The maximum absolute atomic E-state index is 13.2. The zero-order valence-corrected chi connectivity index (χ0v) is 12.5. The van der Waals surface area contributed by atoms with Crippen molar-refractivity contribution in [2.24, 2.45) is 0 Å². The van der Waals surface area contributed by atoms with Crippen LogP contribution in [0, 0.1) is 12.7 Å². The fourth-order valence-electron chi connectivity index (χ4n) is 1.74. The van der Waals surface area contributed by atoms with Crippen molar-refractivity contribution >= 4 is 15.9 Å². The third-order valence-corrected chi connectivity index (χ3v) is 3.25. The molecule has 3 nitrogen and oxygen atoms in total. The van der Waals surface area contributed by atoms with Crippen LogP contribution >= 0.6 is 15.9 Å². The van der Waals surface area contributed by atoms with Gasteiger partial charge in [0.25, 0.3) is 0 Å². The summed E-state index contributed by atoms with van der Waals surface area (Å²) >= 11 is 3.18. The molecule has 0 aliphatic rings. The molecule has 0 bridgehead atoms. The fourth-order valence-corrected chi connectivity index (χ4v) is 2.12.